The number of carbonyl (C=O) groups excluding carboxylic acids is 2. The number of urea groups is 1. The van der Waals surface area contributed by atoms with E-state index in [0.29, 0.717) is 58.0 Å². The molecule has 2 saturated heterocycles. The van der Waals surface area contributed by atoms with Crippen molar-refractivity contribution in [2.75, 3.05) is 64.3 Å². The molecular weight excluding hydrogens is 398 g/mol. The Hall–Kier alpha value is -2.21. The number of nitrogens with one attached hydrogen (secondary N) is 1. The molecule has 2 fully saturated rings. The fraction of sp³-hybridized carbons (Fsp3) is 0.556. The quantitative estimate of drug-likeness (QED) is 0.669. The summed E-state index contributed by atoms with van der Waals surface area (Å²) in [5, 5.41) is 7.80. The topological polar surface area (TPSA) is 125 Å². The zero-order chi connectivity index (χ0) is 20.9. The number of carbonyl (C=O) groups is 2. The van der Waals surface area contributed by atoms with Crippen LogP contribution in [0.25, 0.3) is 0 Å². The van der Waals surface area contributed by atoms with E-state index in [2.05, 4.69) is 10.2 Å². The molecule has 0 saturated carbocycles. The van der Waals surface area contributed by atoms with Gasteiger partial charge in [0, 0.05) is 57.9 Å². The lowest BCUT2D eigenvalue weighted by Crippen LogP contribution is -2.54. The second-order valence-electron chi connectivity index (χ2n) is 7.08. The molecule has 0 aliphatic carbocycles. The number of sulfonamides is 1. The molecule has 3 amide bonds. The Morgan fingerprint density at radius 1 is 0.966 bits per heavy atom. The van der Waals surface area contributed by atoms with Gasteiger partial charge in [0.15, 0.2) is 0 Å². The second-order valence-corrected chi connectivity index (χ2v) is 8.64. The maximum atomic E-state index is 12.5. The van der Waals surface area contributed by atoms with Gasteiger partial charge in [0.25, 0.3) is 0 Å². The van der Waals surface area contributed by atoms with E-state index in [4.69, 9.17) is 9.88 Å². The zero-order valence-corrected chi connectivity index (χ0v) is 17.1. The maximum Gasteiger partial charge on any atom is 0.320 e. The fourth-order valence-electron chi connectivity index (χ4n) is 3.33. The smallest absolute Gasteiger partial charge is 0.320 e. The van der Waals surface area contributed by atoms with Gasteiger partial charge in [0.1, 0.15) is 0 Å². The summed E-state index contributed by atoms with van der Waals surface area (Å²) in [5.41, 5.74) is 0.517. The third-order valence-corrected chi connectivity index (χ3v) is 5.98. The van der Waals surface area contributed by atoms with Crippen molar-refractivity contribution in [3.63, 3.8) is 0 Å². The molecule has 1 aromatic carbocycles. The molecule has 3 N–H and O–H groups in total. The summed E-state index contributed by atoms with van der Waals surface area (Å²) >= 11 is 0. The van der Waals surface area contributed by atoms with Gasteiger partial charge in [0.05, 0.1) is 18.1 Å². The van der Waals surface area contributed by atoms with Gasteiger partial charge in [-0.05, 0) is 24.3 Å². The third kappa shape index (κ3) is 6.13. The molecule has 3 rings (SSSR count). The van der Waals surface area contributed by atoms with Crippen molar-refractivity contribution < 1.29 is 22.7 Å². The number of piperazine rings is 1. The molecule has 11 heteroatoms. The van der Waals surface area contributed by atoms with Crippen LogP contribution in [0.2, 0.25) is 0 Å². The van der Waals surface area contributed by atoms with Gasteiger partial charge in [-0.1, -0.05) is 0 Å². The first-order valence-electron chi connectivity index (χ1n) is 9.59. The predicted molar refractivity (Wildman–Crippen MR) is 107 cm³/mol. The number of benzene rings is 1. The van der Waals surface area contributed by atoms with Crippen LogP contribution in [-0.2, 0) is 19.6 Å². The van der Waals surface area contributed by atoms with Crippen LogP contribution in [0.5, 0.6) is 0 Å². The molecule has 0 spiro atoms. The number of morpholine rings is 1. The number of amides is 3. The van der Waals surface area contributed by atoms with Crippen molar-refractivity contribution >= 4 is 27.6 Å². The monoisotopic (exact) mass is 425 g/mol. The van der Waals surface area contributed by atoms with Gasteiger partial charge in [-0.15, -0.1) is 0 Å². The number of nitrogens with two attached hydrogens (primary N) is 1. The Bertz CT molecular complexity index is 816. The summed E-state index contributed by atoms with van der Waals surface area (Å²) < 4.78 is 27.8. The molecular formula is C18H27N5O5S. The highest BCUT2D eigenvalue weighted by Crippen LogP contribution is 2.13. The van der Waals surface area contributed by atoms with Gasteiger partial charge in [-0.2, -0.15) is 0 Å². The Kier molecular flexibility index (Phi) is 7.06. The van der Waals surface area contributed by atoms with Gasteiger partial charge >= 0.3 is 6.03 Å². The average Bonchev–Trinajstić information content (AvgIpc) is 2.72. The molecule has 0 unspecified atom stereocenters. The van der Waals surface area contributed by atoms with E-state index < -0.39 is 10.0 Å². The molecule has 160 valence electrons. The normalized spacial score (nSPS) is 18.5. The molecule has 1 aromatic rings. The molecule has 2 heterocycles. The maximum absolute atomic E-state index is 12.5. The van der Waals surface area contributed by atoms with Crippen molar-refractivity contribution in [3.8, 4) is 0 Å². The number of nitrogens with zero attached hydrogens (tertiary/aromatic N) is 3. The minimum atomic E-state index is -3.75. The average molecular weight is 426 g/mol. The molecule has 10 nitrogen and oxygen atoms in total. The summed E-state index contributed by atoms with van der Waals surface area (Å²) in [6, 6.07) is 5.79. The summed E-state index contributed by atoms with van der Waals surface area (Å²) in [6.45, 7) is 5.80. The molecule has 29 heavy (non-hydrogen) atoms. The number of primary sulfonamides is 1. The predicted octanol–water partition coefficient (Wildman–Crippen LogP) is -0.268. The van der Waals surface area contributed by atoms with Crippen molar-refractivity contribution in [2.24, 2.45) is 5.14 Å². The van der Waals surface area contributed by atoms with Crippen LogP contribution in [0.4, 0.5) is 10.5 Å². The lowest BCUT2D eigenvalue weighted by atomic mass is 10.2. The lowest BCUT2D eigenvalue weighted by Gasteiger charge is -2.38. The van der Waals surface area contributed by atoms with Crippen LogP contribution < -0.4 is 10.5 Å². The Morgan fingerprint density at radius 3 is 2.14 bits per heavy atom. The Balaban J connectivity index is 1.38. The SMILES string of the molecule is NS(=O)(=O)c1ccc(NC(=O)CCN2CCN(C(=O)N3CCOCC3)CC2)cc1. The van der Waals surface area contributed by atoms with Crippen LogP contribution in [0.1, 0.15) is 6.42 Å². The summed E-state index contributed by atoms with van der Waals surface area (Å²) in [4.78, 5) is 30.5. The standard InChI is InChI=1S/C18H27N5O5S/c19-29(26,27)16-3-1-15(2-4-16)20-17(24)5-6-21-7-9-22(10-8-21)18(25)23-11-13-28-14-12-23/h1-4H,5-14H2,(H,20,24)(H2,19,26,27). The van der Waals surface area contributed by atoms with Crippen molar-refractivity contribution in [3.05, 3.63) is 24.3 Å². The minimum absolute atomic E-state index is 0.00000346. The molecule has 0 atom stereocenters. The number of hydrogen-bond donors (Lipinski definition) is 2. The van der Waals surface area contributed by atoms with Crippen LogP contribution in [-0.4, -0.2) is 94.1 Å². The molecule has 2 aliphatic rings. The first-order valence-corrected chi connectivity index (χ1v) is 11.1. The highest BCUT2D eigenvalue weighted by molar-refractivity contribution is 7.89. The van der Waals surface area contributed by atoms with E-state index in [9.17, 15) is 18.0 Å². The molecule has 0 radical (unpaired) electrons. The number of hydrogen-bond acceptors (Lipinski definition) is 6. The van der Waals surface area contributed by atoms with E-state index in [1.165, 1.54) is 24.3 Å². The fourth-order valence-corrected chi connectivity index (χ4v) is 3.84. The number of rotatable bonds is 5. The van der Waals surface area contributed by atoms with Gasteiger partial charge in [-0.25, -0.2) is 18.4 Å². The van der Waals surface area contributed by atoms with E-state index in [1.54, 1.807) is 0 Å². The molecule has 2 aliphatic heterocycles. The van der Waals surface area contributed by atoms with Crippen LogP contribution in [0.3, 0.4) is 0 Å². The first kappa shape index (κ1) is 21.5. The summed E-state index contributed by atoms with van der Waals surface area (Å²) in [6.07, 6.45) is 0.314. The highest BCUT2D eigenvalue weighted by Gasteiger charge is 2.26. The zero-order valence-electron chi connectivity index (χ0n) is 16.2. The minimum Gasteiger partial charge on any atom is -0.378 e. The Morgan fingerprint density at radius 2 is 1.55 bits per heavy atom. The molecule has 0 bridgehead atoms. The third-order valence-electron chi connectivity index (χ3n) is 5.05. The second kappa shape index (κ2) is 9.53. The first-order chi connectivity index (χ1) is 13.8. The van der Waals surface area contributed by atoms with Crippen LogP contribution in [0, 0.1) is 0 Å². The Labute approximate surface area is 170 Å². The van der Waals surface area contributed by atoms with E-state index in [1.807, 2.05) is 9.80 Å². The van der Waals surface area contributed by atoms with E-state index >= 15 is 0 Å². The molecule has 0 aromatic heterocycles. The van der Waals surface area contributed by atoms with Gasteiger partial charge < -0.3 is 19.9 Å². The number of anilines is 1. The van der Waals surface area contributed by atoms with E-state index in [-0.39, 0.29) is 16.8 Å². The lowest BCUT2D eigenvalue weighted by molar-refractivity contribution is -0.116. The van der Waals surface area contributed by atoms with Crippen LogP contribution in [0.15, 0.2) is 29.2 Å². The van der Waals surface area contributed by atoms with E-state index in [0.717, 1.165) is 13.1 Å². The summed E-state index contributed by atoms with van der Waals surface area (Å²) in [7, 11) is -3.75. The van der Waals surface area contributed by atoms with Crippen molar-refractivity contribution in [1.29, 1.82) is 0 Å². The summed E-state index contributed by atoms with van der Waals surface area (Å²) in [5.74, 6) is -0.153. The van der Waals surface area contributed by atoms with Gasteiger partial charge in [0.2, 0.25) is 15.9 Å². The van der Waals surface area contributed by atoms with Gasteiger partial charge in [-0.3, -0.25) is 9.69 Å². The van der Waals surface area contributed by atoms with Crippen LogP contribution >= 0.6 is 0 Å². The largest absolute Gasteiger partial charge is 0.378 e. The van der Waals surface area contributed by atoms with Crippen molar-refractivity contribution in [2.45, 2.75) is 11.3 Å². The number of ether oxygens (including phenoxy) is 1. The highest BCUT2D eigenvalue weighted by atomic mass is 32.2. The van der Waals surface area contributed by atoms with Crippen molar-refractivity contribution in [1.82, 2.24) is 14.7 Å².